The van der Waals surface area contributed by atoms with Gasteiger partial charge in [0.2, 0.25) is 0 Å². The second kappa shape index (κ2) is 7.65. The third-order valence-corrected chi connectivity index (χ3v) is 2.66. The molecule has 0 saturated heterocycles. The summed E-state index contributed by atoms with van der Waals surface area (Å²) in [5, 5.41) is 3.61. The molecule has 0 bridgehead atoms. The Bertz CT molecular complexity index is 648. The molecule has 0 aliphatic heterocycles. The van der Waals surface area contributed by atoms with Gasteiger partial charge in [0.1, 0.15) is 12.9 Å². The number of rotatable bonds is 5. The minimum atomic E-state index is -0.387. The molecule has 0 fully saturated rings. The summed E-state index contributed by atoms with van der Waals surface area (Å²) in [4.78, 5) is 16.6. The van der Waals surface area contributed by atoms with Gasteiger partial charge in [-0.05, 0) is 30.4 Å². The lowest BCUT2D eigenvalue weighted by Gasteiger charge is -2.07. The van der Waals surface area contributed by atoms with Crippen molar-refractivity contribution in [3.8, 4) is 5.75 Å². The fourth-order valence-electron chi connectivity index (χ4n) is 1.69. The zero-order valence-corrected chi connectivity index (χ0v) is 11.6. The highest BCUT2D eigenvalue weighted by atomic mass is 16.6. The Hall–Kier alpha value is -2.88. The maximum absolute atomic E-state index is 12.0. The molecule has 4 heteroatoms. The monoisotopic (exact) mass is 281 g/mol. The van der Waals surface area contributed by atoms with Gasteiger partial charge in [0.15, 0.2) is 0 Å². The van der Waals surface area contributed by atoms with Crippen LogP contribution in [0.4, 0.5) is 0 Å². The number of allylic oxidation sites excluding steroid dienone is 1. The topological polar surface area (TPSA) is 47.9 Å². The highest BCUT2D eigenvalue weighted by molar-refractivity contribution is 5.91. The van der Waals surface area contributed by atoms with Crippen LogP contribution < -0.4 is 4.74 Å². The van der Waals surface area contributed by atoms with Crippen LogP contribution in [0.5, 0.6) is 5.75 Å². The third kappa shape index (κ3) is 4.31. The first kappa shape index (κ1) is 14.5. The van der Waals surface area contributed by atoms with Crippen molar-refractivity contribution >= 4 is 18.3 Å². The summed E-state index contributed by atoms with van der Waals surface area (Å²) in [6.07, 6.45) is 5.00. The molecule has 2 rings (SSSR count). The van der Waals surface area contributed by atoms with Gasteiger partial charge in [0, 0.05) is 5.56 Å². The molecule has 0 unspecified atom stereocenters. The number of hydrogen-bond donors (Lipinski definition) is 0. The second-order valence-electron chi connectivity index (χ2n) is 4.09. The normalized spacial score (nSPS) is 10.9. The molecule has 2 aromatic carbocycles. The highest BCUT2D eigenvalue weighted by Gasteiger charge is 2.09. The van der Waals surface area contributed by atoms with Gasteiger partial charge in [-0.1, -0.05) is 41.6 Å². The van der Waals surface area contributed by atoms with Gasteiger partial charge in [-0.25, -0.2) is 4.79 Å². The Labute approximate surface area is 123 Å². The van der Waals surface area contributed by atoms with E-state index >= 15 is 0 Å². The van der Waals surface area contributed by atoms with E-state index in [2.05, 4.69) is 9.99 Å². The smallest absolute Gasteiger partial charge is 0.343 e. The van der Waals surface area contributed by atoms with Crippen LogP contribution in [-0.2, 0) is 4.84 Å². The Balaban J connectivity index is 2.15. The van der Waals surface area contributed by atoms with Gasteiger partial charge < -0.3 is 9.57 Å². The van der Waals surface area contributed by atoms with Gasteiger partial charge in [-0.3, -0.25) is 0 Å². The standard InChI is InChI=1S/C17H15NO3/c1-20-18-13-7-11-14-8-5-6-12-16(14)21-17(19)15-9-3-2-4-10-15/h2-13H,1H3/b11-7+,18-13+. The van der Waals surface area contributed by atoms with Crippen molar-refractivity contribution in [2.75, 3.05) is 7.11 Å². The molecule has 0 aliphatic carbocycles. The van der Waals surface area contributed by atoms with E-state index in [1.165, 1.54) is 13.3 Å². The zero-order valence-electron chi connectivity index (χ0n) is 11.6. The average molecular weight is 281 g/mol. The van der Waals surface area contributed by atoms with E-state index in [1.54, 1.807) is 42.5 Å². The molecular weight excluding hydrogens is 266 g/mol. The molecule has 21 heavy (non-hydrogen) atoms. The van der Waals surface area contributed by atoms with Crippen molar-refractivity contribution < 1.29 is 14.4 Å². The van der Waals surface area contributed by atoms with Crippen LogP contribution in [0.1, 0.15) is 15.9 Å². The van der Waals surface area contributed by atoms with Crippen molar-refractivity contribution in [2.45, 2.75) is 0 Å². The van der Waals surface area contributed by atoms with E-state index in [0.29, 0.717) is 11.3 Å². The number of para-hydroxylation sites is 1. The largest absolute Gasteiger partial charge is 0.422 e. The molecule has 0 radical (unpaired) electrons. The average Bonchev–Trinajstić information content (AvgIpc) is 2.54. The number of ether oxygens (including phenoxy) is 1. The van der Waals surface area contributed by atoms with E-state index in [-0.39, 0.29) is 5.97 Å². The molecule has 0 N–H and O–H groups in total. The molecule has 0 atom stereocenters. The van der Waals surface area contributed by atoms with Crippen LogP contribution in [0, 0.1) is 0 Å². The van der Waals surface area contributed by atoms with E-state index < -0.39 is 0 Å². The van der Waals surface area contributed by atoms with Crippen molar-refractivity contribution in [2.24, 2.45) is 5.16 Å². The van der Waals surface area contributed by atoms with E-state index in [9.17, 15) is 4.79 Å². The van der Waals surface area contributed by atoms with Gasteiger partial charge in [-0.15, -0.1) is 0 Å². The van der Waals surface area contributed by atoms with Crippen molar-refractivity contribution in [3.63, 3.8) is 0 Å². The summed E-state index contributed by atoms with van der Waals surface area (Å²) in [5.41, 5.74) is 1.29. The summed E-state index contributed by atoms with van der Waals surface area (Å²) in [6, 6.07) is 16.1. The Morgan fingerprint density at radius 2 is 1.76 bits per heavy atom. The third-order valence-electron chi connectivity index (χ3n) is 2.66. The van der Waals surface area contributed by atoms with E-state index in [1.807, 2.05) is 24.3 Å². The highest BCUT2D eigenvalue weighted by Crippen LogP contribution is 2.20. The molecule has 4 nitrogen and oxygen atoms in total. The Morgan fingerprint density at radius 3 is 2.52 bits per heavy atom. The maximum atomic E-state index is 12.0. The van der Waals surface area contributed by atoms with Gasteiger partial charge in [0.05, 0.1) is 11.8 Å². The summed E-state index contributed by atoms with van der Waals surface area (Å²) in [6.45, 7) is 0. The fourth-order valence-corrected chi connectivity index (χ4v) is 1.69. The first-order chi connectivity index (χ1) is 10.3. The lowest BCUT2D eigenvalue weighted by molar-refractivity contribution is 0.0734. The first-order valence-electron chi connectivity index (χ1n) is 6.40. The number of carbonyl (C=O) groups excluding carboxylic acids is 1. The summed E-state index contributed by atoms with van der Waals surface area (Å²) >= 11 is 0. The number of nitrogens with zero attached hydrogens (tertiary/aromatic N) is 1. The molecule has 0 amide bonds. The lowest BCUT2D eigenvalue weighted by Crippen LogP contribution is -2.08. The van der Waals surface area contributed by atoms with Crippen LogP contribution in [0.3, 0.4) is 0 Å². The van der Waals surface area contributed by atoms with Gasteiger partial charge in [0.25, 0.3) is 0 Å². The Morgan fingerprint density at radius 1 is 1.05 bits per heavy atom. The number of benzene rings is 2. The van der Waals surface area contributed by atoms with E-state index in [4.69, 9.17) is 4.74 Å². The van der Waals surface area contributed by atoms with Crippen LogP contribution in [0.15, 0.2) is 65.8 Å². The SMILES string of the molecule is CO/N=C/C=C/c1ccccc1OC(=O)c1ccccc1. The predicted molar refractivity (Wildman–Crippen MR) is 82.4 cm³/mol. The van der Waals surface area contributed by atoms with Crippen molar-refractivity contribution in [1.29, 1.82) is 0 Å². The lowest BCUT2D eigenvalue weighted by atomic mass is 10.2. The summed E-state index contributed by atoms with van der Waals surface area (Å²) in [5.74, 6) is 0.107. The number of oxime groups is 1. The maximum Gasteiger partial charge on any atom is 0.343 e. The van der Waals surface area contributed by atoms with Crippen LogP contribution in [0.2, 0.25) is 0 Å². The minimum absolute atomic E-state index is 0.387. The number of hydrogen-bond acceptors (Lipinski definition) is 4. The van der Waals surface area contributed by atoms with Gasteiger partial charge in [-0.2, -0.15) is 0 Å². The predicted octanol–water partition coefficient (Wildman–Crippen LogP) is 3.55. The van der Waals surface area contributed by atoms with Crippen LogP contribution in [0.25, 0.3) is 6.08 Å². The van der Waals surface area contributed by atoms with Crippen molar-refractivity contribution in [3.05, 3.63) is 71.8 Å². The number of carbonyl (C=O) groups is 1. The summed E-state index contributed by atoms with van der Waals surface area (Å²) in [7, 11) is 1.47. The minimum Gasteiger partial charge on any atom is -0.422 e. The number of esters is 1. The molecule has 2 aromatic rings. The van der Waals surface area contributed by atoms with E-state index in [0.717, 1.165) is 5.56 Å². The summed E-state index contributed by atoms with van der Waals surface area (Å²) < 4.78 is 5.42. The Kier molecular flexibility index (Phi) is 5.29. The van der Waals surface area contributed by atoms with Crippen molar-refractivity contribution in [1.82, 2.24) is 0 Å². The molecule has 106 valence electrons. The first-order valence-corrected chi connectivity index (χ1v) is 6.40. The zero-order chi connectivity index (χ0) is 14.9. The molecule has 0 spiro atoms. The molecule has 0 heterocycles. The molecule has 0 aliphatic rings. The molecular formula is C17H15NO3. The molecule has 0 aromatic heterocycles. The second-order valence-corrected chi connectivity index (χ2v) is 4.09. The molecule has 0 saturated carbocycles. The van der Waals surface area contributed by atoms with Crippen LogP contribution in [-0.4, -0.2) is 19.3 Å². The fraction of sp³-hybridized carbons (Fsp3) is 0.0588. The quantitative estimate of drug-likeness (QED) is 0.364. The van der Waals surface area contributed by atoms with Crippen LogP contribution >= 0.6 is 0 Å². The van der Waals surface area contributed by atoms with Gasteiger partial charge >= 0.3 is 5.97 Å².